The zero-order valence-corrected chi connectivity index (χ0v) is 15.1. The van der Waals surface area contributed by atoms with Crippen molar-refractivity contribution in [3.05, 3.63) is 47.0 Å². The van der Waals surface area contributed by atoms with Crippen molar-refractivity contribution in [1.82, 2.24) is 15.2 Å². The number of furan rings is 1. The highest BCUT2D eigenvalue weighted by atomic mass is 16.3. The molecule has 2 aromatic heterocycles. The van der Waals surface area contributed by atoms with E-state index < -0.39 is 11.6 Å². The minimum absolute atomic E-state index is 0.194. The van der Waals surface area contributed by atoms with Crippen molar-refractivity contribution in [2.24, 2.45) is 0 Å². The van der Waals surface area contributed by atoms with Crippen molar-refractivity contribution >= 4 is 17.8 Å². The molecule has 1 N–H and O–H groups in total. The standard InChI is InChI=1S/C18H22N4O3/c1-11-8-14(12(2)25-11)18(3)16(23)22(17(24)20-18)10-13-6-7-19-15(9-13)21(4)5/h6-9H,10H2,1-5H3,(H,20,24)/t18-/m1/s1. The molecule has 3 amide bonds. The van der Waals surface area contributed by atoms with Gasteiger partial charge in [0, 0.05) is 25.9 Å². The van der Waals surface area contributed by atoms with Crippen molar-refractivity contribution in [3.8, 4) is 0 Å². The topological polar surface area (TPSA) is 78.7 Å². The van der Waals surface area contributed by atoms with E-state index in [0.29, 0.717) is 17.1 Å². The number of amides is 3. The van der Waals surface area contributed by atoms with Crippen LogP contribution in [-0.4, -0.2) is 35.9 Å². The highest BCUT2D eigenvalue weighted by Gasteiger charge is 2.50. The molecule has 1 atom stereocenters. The number of urea groups is 1. The molecule has 132 valence electrons. The van der Waals surface area contributed by atoms with E-state index in [1.807, 2.05) is 32.0 Å². The second kappa shape index (κ2) is 5.91. The van der Waals surface area contributed by atoms with Gasteiger partial charge >= 0.3 is 6.03 Å². The highest BCUT2D eigenvalue weighted by molar-refractivity contribution is 6.07. The van der Waals surface area contributed by atoms with Gasteiger partial charge in [-0.2, -0.15) is 0 Å². The minimum Gasteiger partial charge on any atom is -0.466 e. The Kier molecular flexibility index (Phi) is 4.02. The average Bonchev–Trinajstić information content (AvgIpc) is 3.00. The normalized spacial score (nSPS) is 20.1. The Balaban J connectivity index is 1.89. The smallest absolute Gasteiger partial charge is 0.325 e. The number of rotatable bonds is 4. The van der Waals surface area contributed by atoms with E-state index >= 15 is 0 Å². The van der Waals surface area contributed by atoms with Crippen LogP contribution in [-0.2, 0) is 16.9 Å². The molecule has 7 heteroatoms. The summed E-state index contributed by atoms with van der Waals surface area (Å²) in [5.74, 6) is 1.83. The summed E-state index contributed by atoms with van der Waals surface area (Å²) in [4.78, 5) is 32.8. The first-order valence-electron chi connectivity index (χ1n) is 8.06. The maximum absolute atomic E-state index is 13.0. The summed E-state index contributed by atoms with van der Waals surface area (Å²) in [5.41, 5.74) is 0.414. The molecule has 2 aromatic rings. The summed E-state index contributed by atoms with van der Waals surface area (Å²) in [6.07, 6.45) is 1.67. The molecule has 1 saturated heterocycles. The van der Waals surface area contributed by atoms with Crippen LogP contribution in [0.15, 0.2) is 28.8 Å². The SMILES string of the molecule is Cc1cc([C@@]2(C)NC(=O)N(Cc3ccnc(N(C)C)c3)C2=O)c(C)o1. The third kappa shape index (κ3) is 2.86. The zero-order valence-electron chi connectivity index (χ0n) is 15.1. The quantitative estimate of drug-likeness (QED) is 0.863. The van der Waals surface area contributed by atoms with Gasteiger partial charge in [-0.3, -0.25) is 9.69 Å². The number of nitrogens with zero attached hydrogens (tertiary/aromatic N) is 3. The maximum Gasteiger partial charge on any atom is 0.325 e. The van der Waals surface area contributed by atoms with Gasteiger partial charge in [0.2, 0.25) is 0 Å². The fourth-order valence-corrected chi connectivity index (χ4v) is 3.14. The van der Waals surface area contributed by atoms with E-state index in [1.165, 1.54) is 4.90 Å². The van der Waals surface area contributed by atoms with E-state index in [2.05, 4.69) is 10.3 Å². The summed E-state index contributed by atoms with van der Waals surface area (Å²) in [5, 5.41) is 2.81. The summed E-state index contributed by atoms with van der Waals surface area (Å²) in [6.45, 7) is 5.52. The predicted octanol–water partition coefficient (Wildman–Crippen LogP) is 2.32. The van der Waals surface area contributed by atoms with Gasteiger partial charge in [-0.1, -0.05) is 0 Å². The molecule has 3 rings (SSSR count). The van der Waals surface area contributed by atoms with E-state index in [-0.39, 0.29) is 12.5 Å². The molecule has 0 aliphatic carbocycles. The van der Waals surface area contributed by atoms with Crippen LogP contribution < -0.4 is 10.2 Å². The van der Waals surface area contributed by atoms with Crippen LogP contribution in [0.25, 0.3) is 0 Å². The molecule has 0 spiro atoms. The third-order valence-corrected chi connectivity index (χ3v) is 4.46. The molecule has 1 fully saturated rings. The molecular weight excluding hydrogens is 320 g/mol. The van der Waals surface area contributed by atoms with Crippen molar-refractivity contribution < 1.29 is 14.0 Å². The predicted molar refractivity (Wildman–Crippen MR) is 93.2 cm³/mol. The fourth-order valence-electron chi connectivity index (χ4n) is 3.14. The number of carbonyl (C=O) groups is 2. The molecule has 1 aliphatic rings. The number of anilines is 1. The largest absolute Gasteiger partial charge is 0.466 e. The Morgan fingerprint density at radius 2 is 2.00 bits per heavy atom. The fraction of sp³-hybridized carbons (Fsp3) is 0.389. The van der Waals surface area contributed by atoms with E-state index in [9.17, 15) is 9.59 Å². The maximum atomic E-state index is 13.0. The van der Waals surface area contributed by atoms with Gasteiger partial charge in [0.15, 0.2) is 0 Å². The number of pyridine rings is 1. The van der Waals surface area contributed by atoms with E-state index in [0.717, 1.165) is 11.4 Å². The lowest BCUT2D eigenvalue weighted by Crippen LogP contribution is -2.41. The second-order valence-electron chi connectivity index (χ2n) is 6.69. The lowest BCUT2D eigenvalue weighted by molar-refractivity contribution is -0.131. The number of hydrogen-bond acceptors (Lipinski definition) is 5. The minimum atomic E-state index is -1.11. The van der Waals surface area contributed by atoms with Crippen molar-refractivity contribution in [2.45, 2.75) is 32.9 Å². The Morgan fingerprint density at radius 3 is 2.60 bits per heavy atom. The number of aryl methyl sites for hydroxylation is 2. The molecule has 3 heterocycles. The van der Waals surface area contributed by atoms with Gasteiger partial charge in [-0.15, -0.1) is 0 Å². The Bertz CT molecular complexity index is 843. The first-order valence-corrected chi connectivity index (χ1v) is 8.06. The molecule has 0 radical (unpaired) electrons. The van der Waals surface area contributed by atoms with Gasteiger partial charge in [0.05, 0.1) is 6.54 Å². The monoisotopic (exact) mass is 342 g/mol. The number of carbonyl (C=O) groups excluding carboxylic acids is 2. The van der Waals surface area contributed by atoms with Crippen molar-refractivity contribution in [1.29, 1.82) is 0 Å². The molecule has 0 bridgehead atoms. The van der Waals surface area contributed by atoms with E-state index in [4.69, 9.17) is 4.42 Å². The van der Waals surface area contributed by atoms with Gasteiger partial charge in [-0.05, 0) is 44.5 Å². The van der Waals surface area contributed by atoms with Gasteiger partial charge in [-0.25, -0.2) is 9.78 Å². The first kappa shape index (κ1) is 17.0. The number of aromatic nitrogens is 1. The molecule has 0 saturated carbocycles. The molecular formula is C18H22N4O3. The lowest BCUT2D eigenvalue weighted by Gasteiger charge is -2.21. The van der Waals surface area contributed by atoms with Crippen molar-refractivity contribution in [2.75, 3.05) is 19.0 Å². The summed E-state index contributed by atoms with van der Waals surface area (Å²) in [7, 11) is 3.78. The van der Waals surface area contributed by atoms with Crippen LogP contribution in [0.5, 0.6) is 0 Å². The summed E-state index contributed by atoms with van der Waals surface area (Å²) < 4.78 is 5.54. The van der Waals surface area contributed by atoms with Gasteiger partial charge in [0.25, 0.3) is 5.91 Å². The Morgan fingerprint density at radius 1 is 1.28 bits per heavy atom. The van der Waals surface area contributed by atoms with Gasteiger partial charge < -0.3 is 14.6 Å². The molecule has 7 nitrogen and oxygen atoms in total. The first-order chi connectivity index (χ1) is 11.7. The molecule has 0 aromatic carbocycles. The molecule has 1 aliphatic heterocycles. The highest BCUT2D eigenvalue weighted by Crippen LogP contribution is 2.33. The number of nitrogens with one attached hydrogen (secondary N) is 1. The summed E-state index contributed by atoms with van der Waals surface area (Å²) in [6, 6.07) is 5.06. The second-order valence-corrected chi connectivity index (χ2v) is 6.69. The lowest BCUT2D eigenvalue weighted by atomic mass is 9.92. The van der Waals surface area contributed by atoms with Crippen molar-refractivity contribution in [3.63, 3.8) is 0 Å². The average molecular weight is 342 g/mol. The summed E-state index contributed by atoms with van der Waals surface area (Å²) >= 11 is 0. The third-order valence-electron chi connectivity index (χ3n) is 4.46. The molecule has 25 heavy (non-hydrogen) atoms. The van der Waals surface area contributed by atoms with Gasteiger partial charge in [0.1, 0.15) is 22.9 Å². The molecule has 0 unspecified atom stereocenters. The van der Waals surface area contributed by atoms with Crippen LogP contribution in [0.3, 0.4) is 0 Å². The number of hydrogen-bond donors (Lipinski definition) is 1. The van der Waals surface area contributed by atoms with Crippen LogP contribution >= 0.6 is 0 Å². The zero-order chi connectivity index (χ0) is 18.4. The Labute approximate surface area is 146 Å². The van der Waals surface area contributed by atoms with Crippen LogP contribution in [0.4, 0.5) is 10.6 Å². The number of imide groups is 1. The van der Waals surface area contributed by atoms with Crippen LogP contribution in [0, 0.1) is 13.8 Å². The van der Waals surface area contributed by atoms with E-state index in [1.54, 1.807) is 32.2 Å². The Hall–Kier alpha value is -2.83. The van der Waals surface area contributed by atoms with Crippen LogP contribution in [0.1, 0.15) is 29.6 Å². The van der Waals surface area contributed by atoms with Crippen LogP contribution in [0.2, 0.25) is 0 Å².